The van der Waals surface area contributed by atoms with Crippen LogP contribution in [-0.2, 0) is 13.0 Å². The Balaban J connectivity index is 1.38. The summed E-state index contributed by atoms with van der Waals surface area (Å²) in [6, 6.07) is 13.0. The van der Waals surface area contributed by atoms with E-state index >= 15 is 0 Å². The first-order valence-corrected chi connectivity index (χ1v) is 10.3. The van der Waals surface area contributed by atoms with Crippen molar-refractivity contribution in [2.75, 3.05) is 0 Å². The highest BCUT2D eigenvalue weighted by Gasteiger charge is 2.27. The molecule has 0 amide bonds. The first-order valence-electron chi connectivity index (χ1n) is 8.33. The van der Waals surface area contributed by atoms with Crippen LogP contribution in [-0.4, -0.2) is 26.4 Å². The van der Waals surface area contributed by atoms with Crippen molar-refractivity contribution in [1.82, 2.24) is 15.3 Å². The first kappa shape index (κ1) is 16.9. The molecule has 4 nitrogen and oxygen atoms in total. The fraction of sp³-hybridized carbons (Fsp3) is 0.263. The van der Waals surface area contributed by atoms with Crippen LogP contribution in [0.2, 0.25) is 0 Å². The molecular formula is C19H19IN4S. The molecule has 2 N–H and O–H groups in total. The number of H-pyrrole nitrogens is 1. The van der Waals surface area contributed by atoms with Crippen LogP contribution in [0.25, 0.3) is 11.0 Å². The van der Waals surface area contributed by atoms with E-state index in [-0.39, 0.29) is 0 Å². The summed E-state index contributed by atoms with van der Waals surface area (Å²) in [5, 5.41) is 6.21. The normalized spacial score (nSPS) is 20.0. The molecule has 3 heterocycles. The van der Waals surface area contributed by atoms with E-state index in [1.165, 1.54) is 20.1 Å². The molecular weight excluding hydrogens is 443 g/mol. The van der Waals surface area contributed by atoms with Crippen molar-refractivity contribution in [2.24, 2.45) is 4.99 Å². The van der Waals surface area contributed by atoms with Crippen LogP contribution in [0.4, 0.5) is 0 Å². The van der Waals surface area contributed by atoms with Crippen LogP contribution in [0, 0.1) is 3.57 Å². The van der Waals surface area contributed by atoms with Gasteiger partial charge in [0.1, 0.15) is 5.65 Å². The number of thioether (sulfide) groups is 1. The standard InChI is InChI=1S/C19H19IN4S/c1-12-17(9-14-11-22-18-16(14)3-2-8-21-18)25-19(24-12)23-10-13-4-6-15(20)7-5-13/h2-8,11-12,17H,9-10H2,1H3,(H,21,22)(H,23,24). The van der Waals surface area contributed by atoms with Crippen molar-refractivity contribution >= 4 is 50.6 Å². The maximum absolute atomic E-state index is 4.80. The quantitative estimate of drug-likeness (QED) is 0.567. The number of halogens is 1. The highest BCUT2D eigenvalue weighted by Crippen LogP contribution is 2.30. The molecule has 0 radical (unpaired) electrons. The van der Waals surface area contributed by atoms with Gasteiger partial charge in [-0.1, -0.05) is 23.9 Å². The van der Waals surface area contributed by atoms with Gasteiger partial charge in [0.05, 0.1) is 6.04 Å². The number of amidine groups is 1. The summed E-state index contributed by atoms with van der Waals surface area (Å²) >= 11 is 4.18. The SMILES string of the molecule is CC1N=C(NCc2ccc(I)cc2)SC1Cc1c[nH]c2ncccc12. The van der Waals surface area contributed by atoms with E-state index in [4.69, 9.17) is 4.99 Å². The van der Waals surface area contributed by atoms with Gasteiger partial charge in [-0.15, -0.1) is 0 Å². The lowest BCUT2D eigenvalue weighted by Crippen LogP contribution is -2.19. The Morgan fingerprint density at radius 3 is 2.92 bits per heavy atom. The zero-order valence-electron chi connectivity index (χ0n) is 13.9. The summed E-state index contributed by atoms with van der Waals surface area (Å²) < 4.78 is 1.26. The van der Waals surface area contributed by atoms with E-state index in [0.29, 0.717) is 11.3 Å². The van der Waals surface area contributed by atoms with E-state index in [0.717, 1.165) is 23.8 Å². The number of aromatic nitrogens is 2. The minimum absolute atomic E-state index is 0.311. The van der Waals surface area contributed by atoms with Crippen LogP contribution >= 0.6 is 34.4 Å². The average Bonchev–Trinajstić information content (AvgIpc) is 3.19. The Bertz CT molecular complexity index is 903. The van der Waals surface area contributed by atoms with Crippen LogP contribution in [0.1, 0.15) is 18.1 Å². The predicted octanol–water partition coefficient (Wildman–Crippen LogP) is 4.36. The second kappa shape index (κ2) is 7.37. The van der Waals surface area contributed by atoms with Crippen molar-refractivity contribution in [3.05, 3.63) is 63.5 Å². The van der Waals surface area contributed by atoms with Crippen LogP contribution in [0.5, 0.6) is 0 Å². The maximum Gasteiger partial charge on any atom is 0.157 e. The third-order valence-corrected chi connectivity index (χ3v) is 6.49. The molecule has 0 bridgehead atoms. The Morgan fingerprint density at radius 1 is 1.24 bits per heavy atom. The van der Waals surface area contributed by atoms with Crippen molar-refractivity contribution in [3.63, 3.8) is 0 Å². The largest absolute Gasteiger partial charge is 0.361 e. The summed E-state index contributed by atoms with van der Waals surface area (Å²) in [7, 11) is 0. The van der Waals surface area contributed by atoms with E-state index in [9.17, 15) is 0 Å². The van der Waals surface area contributed by atoms with Gasteiger partial charge in [0.2, 0.25) is 0 Å². The Morgan fingerprint density at radius 2 is 2.08 bits per heavy atom. The van der Waals surface area contributed by atoms with E-state index in [1.807, 2.05) is 24.0 Å². The molecule has 0 saturated heterocycles. The molecule has 0 spiro atoms. The van der Waals surface area contributed by atoms with E-state index in [1.54, 1.807) is 0 Å². The molecule has 0 saturated carbocycles. The number of hydrogen-bond acceptors (Lipinski definition) is 4. The summed E-state index contributed by atoms with van der Waals surface area (Å²) in [5.41, 5.74) is 3.56. The highest BCUT2D eigenvalue weighted by molar-refractivity contribution is 14.1. The van der Waals surface area contributed by atoms with Gasteiger partial charge in [-0.3, -0.25) is 4.99 Å². The van der Waals surface area contributed by atoms with Crippen LogP contribution < -0.4 is 5.32 Å². The Labute approximate surface area is 165 Å². The lowest BCUT2D eigenvalue weighted by atomic mass is 10.1. The van der Waals surface area contributed by atoms with Gasteiger partial charge in [0, 0.05) is 33.1 Å². The lowest BCUT2D eigenvalue weighted by Gasteiger charge is -2.12. The molecule has 25 heavy (non-hydrogen) atoms. The third-order valence-electron chi connectivity index (χ3n) is 4.44. The molecule has 0 fully saturated rings. The van der Waals surface area contributed by atoms with Gasteiger partial charge in [0.15, 0.2) is 5.17 Å². The van der Waals surface area contributed by atoms with Crippen molar-refractivity contribution in [2.45, 2.75) is 31.2 Å². The number of aromatic amines is 1. The van der Waals surface area contributed by atoms with Crippen LogP contribution in [0.3, 0.4) is 0 Å². The zero-order valence-corrected chi connectivity index (χ0v) is 16.8. The summed E-state index contributed by atoms with van der Waals surface area (Å²) in [6.07, 6.45) is 4.91. The maximum atomic E-state index is 4.80. The molecule has 2 aromatic heterocycles. The summed E-state index contributed by atoms with van der Waals surface area (Å²) in [5.74, 6) is 0. The molecule has 1 aromatic carbocycles. The van der Waals surface area contributed by atoms with E-state index < -0.39 is 0 Å². The summed E-state index contributed by atoms with van der Waals surface area (Å²) in [4.78, 5) is 12.4. The van der Waals surface area contributed by atoms with Gasteiger partial charge < -0.3 is 10.3 Å². The average molecular weight is 462 g/mol. The van der Waals surface area contributed by atoms with E-state index in [2.05, 4.69) is 81.3 Å². The predicted molar refractivity (Wildman–Crippen MR) is 114 cm³/mol. The third kappa shape index (κ3) is 3.84. The van der Waals surface area contributed by atoms with Gasteiger partial charge >= 0.3 is 0 Å². The lowest BCUT2D eigenvalue weighted by molar-refractivity contribution is 0.699. The molecule has 6 heteroatoms. The molecule has 2 atom stereocenters. The minimum atomic E-state index is 0.311. The number of rotatable bonds is 4. The van der Waals surface area contributed by atoms with Crippen molar-refractivity contribution in [1.29, 1.82) is 0 Å². The smallest absolute Gasteiger partial charge is 0.157 e. The molecule has 128 valence electrons. The van der Waals surface area contributed by atoms with Gasteiger partial charge in [-0.25, -0.2) is 4.98 Å². The number of nitrogens with zero attached hydrogens (tertiary/aromatic N) is 2. The second-order valence-electron chi connectivity index (χ2n) is 6.23. The van der Waals surface area contributed by atoms with Crippen molar-refractivity contribution < 1.29 is 0 Å². The number of pyridine rings is 1. The van der Waals surface area contributed by atoms with Gasteiger partial charge in [-0.05, 0) is 71.3 Å². The first-order chi connectivity index (χ1) is 12.2. The van der Waals surface area contributed by atoms with Gasteiger partial charge in [-0.2, -0.15) is 0 Å². The molecule has 0 aliphatic carbocycles. The number of fused-ring (bicyclic) bond motifs is 1. The molecule has 1 aliphatic heterocycles. The molecule has 1 aliphatic rings. The highest BCUT2D eigenvalue weighted by atomic mass is 127. The van der Waals surface area contributed by atoms with Gasteiger partial charge in [0.25, 0.3) is 0 Å². The van der Waals surface area contributed by atoms with Crippen LogP contribution in [0.15, 0.2) is 53.8 Å². The summed E-state index contributed by atoms with van der Waals surface area (Å²) in [6.45, 7) is 3.02. The number of hydrogen-bond donors (Lipinski definition) is 2. The number of benzene rings is 1. The topological polar surface area (TPSA) is 53.1 Å². The Kier molecular flexibility index (Phi) is 4.98. The molecule has 3 aromatic rings. The fourth-order valence-electron chi connectivity index (χ4n) is 3.02. The Hall–Kier alpha value is -1.54. The molecule has 2 unspecified atom stereocenters. The second-order valence-corrected chi connectivity index (χ2v) is 8.70. The molecule has 4 rings (SSSR count). The number of aliphatic imine (C=N–C) groups is 1. The monoisotopic (exact) mass is 462 g/mol. The number of nitrogens with one attached hydrogen (secondary N) is 2. The fourth-order valence-corrected chi connectivity index (χ4v) is 4.57. The zero-order chi connectivity index (χ0) is 17.2. The minimum Gasteiger partial charge on any atom is -0.361 e. The van der Waals surface area contributed by atoms with Crippen molar-refractivity contribution in [3.8, 4) is 0 Å².